The second-order valence-corrected chi connectivity index (χ2v) is 3.86. The van der Waals surface area contributed by atoms with Crippen molar-refractivity contribution in [2.24, 2.45) is 5.92 Å². The fraction of sp³-hybridized carbons (Fsp3) is 0.667. The third-order valence-electron chi connectivity index (χ3n) is 3.07. The quantitative estimate of drug-likeness (QED) is 0.740. The Morgan fingerprint density at radius 2 is 2.12 bits per heavy atom. The van der Waals surface area contributed by atoms with E-state index in [-0.39, 0.29) is 25.3 Å². The van der Waals surface area contributed by atoms with Crippen LogP contribution < -0.4 is 0 Å². The molecule has 16 heavy (non-hydrogen) atoms. The molecule has 0 spiro atoms. The van der Waals surface area contributed by atoms with Gasteiger partial charge in [0.2, 0.25) is 0 Å². The number of carboxylic acids is 1. The van der Waals surface area contributed by atoms with Crippen molar-refractivity contribution in [1.29, 1.82) is 0 Å². The van der Waals surface area contributed by atoms with Gasteiger partial charge in [0.25, 0.3) is 0 Å². The van der Waals surface area contributed by atoms with Crippen molar-refractivity contribution in [2.45, 2.75) is 39.8 Å². The van der Waals surface area contributed by atoms with Crippen molar-refractivity contribution in [3.63, 3.8) is 0 Å². The molecule has 0 amide bonds. The second-order valence-electron chi connectivity index (χ2n) is 3.86. The summed E-state index contributed by atoms with van der Waals surface area (Å²) in [5.74, 6) is -1.31. The molecule has 0 aromatic carbocycles. The van der Waals surface area contributed by atoms with Crippen molar-refractivity contribution in [1.82, 2.24) is 4.90 Å². The number of hydrogen-bond donors (Lipinski definition) is 1. The maximum absolute atomic E-state index is 11.4. The maximum Gasteiger partial charge on any atom is 0.308 e. The molecule has 1 fully saturated rings. The molecule has 1 heterocycles. The molecule has 4 nitrogen and oxygen atoms in total. The molecule has 0 radical (unpaired) electrons. The molecule has 0 aromatic heterocycles. The minimum Gasteiger partial charge on any atom is -0.481 e. The van der Waals surface area contributed by atoms with Crippen LogP contribution in [0.5, 0.6) is 0 Å². The molecule has 1 aliphatic rings. The van der Waals surface area contributed by atoms with Gasteiger partial charge in [0.1, 0.15) is 5.78 Å². The molecule has 1 aliphatic heterocycles. The lowest BCUT2D eigenvalue weighted by atomic mass is 9.98. The summed E-state index contributed by atoms with van der Waals surface area (Å²) in [6.45, 7) is 7.76. The largest absolute Gasteiger partial charge is 0.481 e. The average molecular weight is 227 g/mol. The van der Waals surface area contributed by atoms with E-state index in [2.05, 4.69) is 6.58 Å². The topological polar surface area (TPSA) is 57.6 Å². The summed E-state index contributed by atoms with van der Waals surface area (Å²) in [6.07, 6.45) is 2.03. The number of hydrogen-bond acceptors (Lipinski definition) is 3. The third-order valence-corrected chi connectivity index (χ3v) is 3.07. The Morgan fingerprint density at radius 3 is 2.44 bits per heavy atom. The zero-order valence-corrected chi connectivity index (χ0v) is 9.14. The molecule has 1 unspecified atom stereocenters. The summed E-state index contributed by atoms with van der Waals surface area (Å²) in [5.41, 5.74) is 0. The third kappa shape index (κ3) is 2.50. The standard InChI is InChI=1S/C11H17NO3.CH4/c1-4-9-8(11(14)15)6-10(7(3)13)12(9)5-2;/h4,8-10H,1,5-6H2,2-3H3,(H,14,15);1H4/t8?,9-,10+;/m0./s1. The van der Waals surface area contributed by atoms with Crippen LogP contribution in [0.1, 0.15) is 27.7 Å². The van der Waals surface area contributed by atoms with Crippen molar-refractivity contribution < 1.29 is 14.7 Å². The van der Waals surface area contributed by atoms with E-state index in [1.165, 1.54) is 6.92 Å². The highest BCUT2D eigenvalue weighted by Gasteiger charge is 2.44. The Balaban J connectivity index is 0.00000225. The van der Waals surface area contributed by atoms with Gasteiger partial charge in [-0.25, -0.2) is 0 Å². The smallest absolute Gasteiger partial charge is 0.308 e. The Labute approximate surface area is 96.9 Å². The lowest BCUT2D eigenvalue weighted by Crippen LogP contribution is -2.40. The van der Waals surface area contributed by atoms with Gasteiger partial charge in [-0.1, -0.05) is 20.4 Å². The van der Waals surface area contributed by atoms with Crippen LogP contribution >= 0.6 is 0 Å². The molecule has 1 rings (SSSR count). The lowest BCUT2D eigenvalue weighted by Gasteiger charge is -2.25. The Bertz CT molecular complexity index is 288. The van der Waals surface area contributed by atoms with Crippen molar-refractivity contribution in [3.8, 4) is 0 Å². The fourth-order valence-corrected chi connectivity index (χ4v) is 2.33. The first kappa shape index (κ1) is 14.8. The second kappa shape index (κ2) is 5.80. The average Bonchev–Trinajstić information content (AvgIpc) is 2.55. The Morgan fingerprint density at radius 1 is 1.56 bits per heavy atom. The van der Waals surface area contributed by atoms with Crippen LogP contribution in [0.2, 0.25) is 0 Å². The minimum atomic E-state index is -0.845. The summed E-state index contributed by atoms with van der Waals surface area (Å²) in [7, 11) is 0. The van der Waals surface area contributed by atoms with Crippen LogP contribution in [-0.4, -0.2) is 40.4 Å². The summed E-state index contributed by atoms with van der Waals surface area (Å²) in [5, 5.41) is 9.04. The Hall–Kier alpha value is -1.16. The van der Waals surface area contributed by atoms with E-state index in [1.54, 1.807) is 6.08 Å². The normalized spacial score (nSPS) is 29.5. The van der Waals surface area contributed by atoms with Crippen LogP contribution in [0.25, 0.3) is 0 Å². The number of carboxylic acid groups (broad SMARTS) is 1. The molecule has 4 heteroatoms. The van der Waals surface area contributed by atoms with Crippen molar-refractivity contribution >= 4 is 11.8 Å². The minimum absolute atomic E-state index is 0. The SMILES string of the molecule is C.C=C[C@H]1C(C(=O)O)C[C@H](C(C)=O)N1CC. The first-order chi connectivity index (χ1) is 7.02. The maximum atomic E-state index is 11.4. The van der Waals surface area contributed by atoms with Gasteiger partial charge in [0.15, 0.2) is 0 Å². The zero-order valence-electron chi connectivity index (χ0n) is 9.14. The van der Waals surface area contributed by atoms with Crippen LogP contribution in [0.15, 0.2) is 12.7 Å². The van der Waals surface area contributed by atoms with E-state index in [0.29, 0.717) is 13.0 Å². The number of likely N-dealkylation sites (N-methyl/N-ethyl adjacent to an activating group) is 1. The first-order valence-corrected chi connectivity index (χ1v) is 5.14. The number of ketones is 1. The predicted octanol–water partition coefficient (Wildman–Crippen LogP) is 1.56. The van der Waals surface area contributed by atoms with E-state index in [9.17, 15) is 9.59 Å². The summed E-state index contributed by atoms with van der Waals surface area (Å²) >= 11 is 0. The number of nitrogens with zero attached hydrogens (tertiary/aromatic N) is 1. The lowest BCUT2D eigenvalue weighted by molar-refractivity contribution is -0.142. The van der Waals surface area contributed by atoms with Crippen LogP contribution in [0.4, 0.5) is 0 Å². The van der Waals surface area contributed by atoms with E-state index in [1.807, 2.05) is 11.8 Å². The van der Waals surface area contributed by atoms with Crippen molar-refractivity contribution in [2.75, 3.05) is 6.54 Å². The van der Waals surface area contributed by atoms with E-state index in [4.69, 9.17) is 5.11 Å². The highest BCUT2D eigenvalue weighted by molar-refractivity contribution is 5.84. The number of likely N-dealkylation sites (tertiary alicyclic amines) is 1. The number of carbonyl (C=O) groups excluding carboxylic acids is 1. The number of carbonyl (C=O) groups is 2. The van der Waals surface area contributed by atoms with Gasteiger partial charge in [-0.2, -0.15) is 0 Å². The van der Waals surface area contributed by atoms with E-state index in [0.717, 1.165) is 0 Å². The monoisotopic (exact) mass is 227 g/mol. The van der Waals surface area contributed by atoms with E-state index >= 15 is 0 Å². The van der Waals surface area contributed by atoms with Crippen LogP contribution in [-0.2, 0) is 9.59 Å². The van der Waals surface area contributed by atoms with Crippen LogP contribution in [0.3, 0.4) is 0 Å². The zero-order chi connectivity index (χ0) is 11.6. The van der Waals surface area contributed by atoms with Gasteiger partial charge < -0.3 is 5.11 Å². The van der Waals surface area contributed by atoms with Gasteiger partial charge in [0.05, 0.1) is 12.0 Å². The van der Waals surface area contributed by atoms with Gasteiger partial charge in [-0.3, -0.25) is 14.5 Å². The van der Waals surface area contributed by atoms with E-state index < -0.39 is 11.9 Å². The van der Waals surface area contributed by atoms with Gasteiger partial charge in [-0.05, 0) is 19.9 Å². The van der Waals surface area contributed by atoms with Gasteiger partial charge in [0, 0.05) is 6.04 Å². The number of Topliss-reactive ketones (excluding diaryl/α,β-unsaturated/α-hetero) is 1. The van der Waals surface area contributed by atoms with Gasteiger partial charge >= 0.3 is 5.97 Å². The Kier molecular flexibility index (Phi) is 5.38. The molecule has 1 saturated heterocycles. The molecule has 0 aromatic rings. The molecule has 0 saturated carbocycles. The first-order valence-electron chi connectivity index (χ1n) is 5.14. The summed E-state index contributed by atoms with van der Waals surface area (Å²) < 4.78 is 0. The fourth-order valence-electron chi connectivity index (χ4n) is 2.33. The van der Waals surface area contributed by atoms with Crippen LogP contribution in [0, 0.1) is 5.92 Å². The summed E-state index contributed by atoms with van der Waals surface area (Å²) in [6, 6.07) is -0.486. The highest BCUT2D eigenvalue weighted by Crippen LogP contribution is 2.31. The molecule has 1 N–H and O–H groups in total. The number of aliphatic carboxylic acids is 1. The molecule has 0 aliphatic carbocycles. The number of rotatable bonds is 4. The predicted molar refractivity (Wildman–Crippen MR) is 63.3 cm³/mol. The molecule has 3 atom stereocenters. The molecular weight excluding hydrogens is 206 g/mol. The molecular formula is C12H21NO3. The van der Waals surface area contributed by atoms with Crippen molar-refractivity contribution in [3.05, 3.63) is 12.7 Å². The highest BCUT2D eigenvalue weighted by atomic mass is 16.4. The summed E-state index contributed by atoms with van der Waals surface area (Å²) in [4.78, 5) is 24.3. The molecule has 92 valence electrons. The van der Waals surface area contributed by atoms with Gasteiger partial charge in [-0.15, -0.1) is 6.58 Å². The molecule has 0 bridgehead atoms.